The van der Waals surface area contributed by atoms with E-state index in [4.69, 9.17) is 21.7 Å². The lowest BCUT2D eigenvalue weighted by Gasteiger charge is -2.39. The van der Waals surface area contributed by atoms with Crippen molar-refractivity contribution in [2.75, 3.05) is 27.8 Å². The molecular formula is C24H27N3O3S. The van der Waals surface area contributed by atoms with E-state index in [-0.39, 0.29) is 11.6 Å². The lowest BCUT2D eigenvalue weighted by molar-refractivity contribution is 0.324. The second-order valence-corrected chi connectivity index (χ2v) is 8.24. The van der Waals surface area contributed by atoms with Crippen molar-refractivity contribution >= 4 is 28.2 Å². The molecule has 0 unspecified atom stereocenters. The molecule has 4 rings (SSSR count). The van der Waals surface area contributed by atoms with Gasteiger partial charge in [0.15, 0.2) is 16.6 Å². The number of ether oxygens (including phenoxy) is 2. The van der Waals surface area contributed by atoms with Gasteiger partial charge in [-0.2, -0.15) is 0 Å². The molecule has 6 nitrogen and oxygen atoms in total. The first-order valence-electron chi connectivity index (χ1n) is 10.3. The maximum Gasteiger partial charge on any atom is 0.254 e. The zero-order valence-corrected chi connectivity index (χ0v) is 19.3. The van der Waals surface area contributed by atoms with Crippen molar-refractivity contribution in [3.8, 4) is 11.5 Å². The minimum Gasteiger partial charge on any atom is -0.493 e. The Kier molecular flexibility index (Phi) is 5.62. The average molecular weight is 438 g/mol. The lowest BCUT2D eigenvalue weighted by atomic mass is 9.87. The zero-order valence-electron chi connectivity index (χ0n) is 18.5. The summed E-state index contributed by atoms with van der Waals surface area (Å²) in [7, 11) is 5.06. The molecular weight excluding hydrogens is 410 g/mol. The average Bonchev–Trinajstić information content (AvgIpc) is 2.79. The van der Waals surface area contributed by atoms with Gasteiger partial charge in [0, 0.05) is 24.5 Å². The minimum atomic E-state index is -0.337. The highest BCUT2D eigenvalue weighted by atomic mass is 32.1. The van der Waals surface area contributed by atoms with Crippen LogP contribution in [-0.4, -0.2) is 42.8 Å². The quantitative estimate of drug-likeness (QED) is 0.610. The summed E-state index contributed by atoms with van der Waals surface area (Å²) in [6, 6.07) is 9.76. The standard InChI is InChI=1S/C24H27N3O3S/c1-13-6-7-14(2)21-16(13)11-18(23(28)26-21)22-17-12-20(30-5)19(29-4)10-15(17)8-9-27(22)24(31)25-3/h6-7,10-12,22H,8-9H2,1-5H3,(H,25,31)(H,26,28)/t22-/m1/s1. The Hall–Kier alpha value is -3.06. The number of benzene rings is 2. The van der Waals surface area contributed by atoms with Crippen molar-refractivity contribution in [1.82, 2.24) is 15.2 Å². The molecule has 0 spiro atoms. The van der Waals surface area contributed by atoms with Gasteiger partial charge in [0.2, 0.25) is 0 Å². The minimum absolute atomic E-state index is 0.113. The number of H-pyrrole nitrogens is 1. The van der Waals surface area contributed by atoms with E-state index in [0.717, 1.165) is 39.6 Å². The Balaban J connectivity index is 2.00. The van der Waals surface area contributed by atoms with Gasteiger partial charge < -0.3 is 24.7 Å². The first kappa shape index (κ1) is 21.2. The fourth-order valence-corrected chi connectivity index (χ4v) is 4.63. The van der Waals surface area contributed by atoms with Gasteiger partial charge in [0.25, 0.3) is 5.56 Å². The van der Waals surface area contributed by atoms with Gasteiger partial charge >= 0.3 is 0 Å². The third-order valence-corrected chi connectivity index (χ3v) is 6.55. The number of aromatic amines is 1. The molecule has 0 radical (unpaired) electrons. The molecule has 0 bridgehead atoms. The number of aryl methyl sites for hydroxylation is 2. The maximum absolute atomic E-state index is 13.3. The Morgan fingerprint density at radius 2 is 1.77 bits per heavy atom. The van der Waals surface area contributed by atoms with Gasteiger partial charge in [0.05, 0.1) is 25.8 Å². The Bertz CT molecular complexity index is 1230. The first-order chi connectivity index (χ1) is 14.9. The van der Waals surface area contributed by atoms with Gasteiger partial charge in [-0.3, -0.25) is 4.79 Å². The molecule has 2 heterocycles. The molecule has 0 amide bonds. The van der Waals surface area contributed by atoms with Crippen molar-refractivity contribution < 1.29 is 9.47 Å². The maximum atomic E-state index is 13.3. The van der Waals surface area contributed by atoms with E-state index in [9.17, 15) is 4.79 Å². The zero-order chi connectivity index (χ0) is 22.3. The normalized spacial score (nSPS) is 15.5. The van der Waals surface area contributed by atoms with Crippen LogP contribution in [0.5, 0.6) is 11.5 Å². The highest BCUT2D eigenvalue weighted by Crippen LogP contribution is 2.40. The molecule has 7 heteroatoms. The molecule has 1 aromatic heterocycles. The van der Waals surface area contributed by atoms with Crippen LogP contribution in [0.1, 0.15) is 33.9 Å². The van der Waals surface area contributed by atoms with E-state index in [0.29, 0.717) is 28.7 Å². The smallest absolute Gasteiger partial charge is 0.254 e. The molecule has 0 saturated heterocycles. The molecule has 3 aromatic rings. The van der Waals surface area contributed by atoms with E-state index < -0.39 is 0 Å². The number of pyridine rings is 1. The number of aromatic nitrogens is 1. The lowest BCUT2D eigenvalue weighted by Crippen LogP contribution is -2.46. The van der Waals surface area contributed by atoms with Crippen LogP contribution in [0, 0.1) is 13.8 Å². The van der Waals surface area contributed by atoms with E-state index in [2.05, 4.69) is 28.2 Å². The molecule has 31 heavy (non-hydrogen) atoms. The largest absolute Gasteiger partial charge is 0.493 e. The van der Waals surface area contributed by atoms with Crippen LogP contribution in [0.2, 0.25) is 0 Å². The fourth-order valence-electron chi connectivity index (χ4n) is 4.44. The number of rotatable bonds is 3. The second-order valence-electron chi connectivity index (χ2n) is 7.85. The SMILES string of the molecule is CNC(=S)N1CCc2cc(OC)c(OC)cc2[C@@H]1c1cc2c(C)ccc(C)c2[nH]c1=O. The molecule has 0 saturated carbocycles. The molecule has 0 aliphatic carbocycles. The molecule has 1 aliphatic rings. The van der Waals surface area contributed by atoms with Gasteiger partial charge in [0.1, 0.15) is 0 Å². The predicted molar refractivity (Wildman–Crippen MR) is 127 cm³/mol. The summed E-state index contributed by atoms with van der Waals surface area (Å²) in [5.74, 6) is 1.32. The number of fused-ring (bicyclic) bond motifs is 2. The monoisotopic (exact) mass is 437 g/mol. The van der Waals surface area contributed by atoms with Gasteiger partial charge in [-0.25, -0.2) is 0 Å². The number of hydrogen-bond acceptors (Lipinski definition) is 4. The van der Waals surface area contributed by atoms with E-state index in [1.54, 1.807) is 14.2 Å². The van der Waals surface area contributed by atoms with Crippen LogP contribution in [0.15, 0.2) is 35.1 Å². The summed E-state index contributed by atoms with van der Waals surface area (Å²) in [5, 5.41) is 4.72. The second kappa shape index (κ2) is 8.23. The summed E-state index contributed by atoms with van der Waals surface area (Å²) in [6.07, 6.45) is 0.789. The molecule has 0 fully saturated rings. The van der Waals surface area contributed by atoms with Crippen molar-refractivity contribution in [3.63, 3.8) is 0 Å². The molecule has 1 aliphatic heterocycles. The molecule has 2 aromatic carbocycles. The Morgan fingerprint density at radius 3 is 2.45 bits per heavy atom. The number of hydrogen-bond donors (Lipinski definition) is 2. The van der Waals surface area contributed by atoms with Crippen molar-refractivity contribution in [2.24, 2.45) is 0 Å². The topological polar surface area (TPSA) is 66.6 Å². The summed E-state index contributed by atoms with van der Waals surface area (Å²) in [5.41, 5.74) is 5.70. The number of methoxy groups -OCH3 is 2. The van der Waals surface area contributed by atoms with Crippen molar-refractivity contribution in [3.05, 3.63) is 68.5 Å². The van der Waals surface area contributed by atoms with E-state index >= 15 is 0 Å². The summed E-state index contributed by atoms with van der Waals surface area (Å²) in [4.78, 5) is 18.5. The van der Waals surface area contributed by atoms with Crippen LogP contribution in [0.4, 0.5) is 0 Å². The van der Waals surface area contributed by atoms with Crippen LogP contribution >= 0.6 is 12.2 Å². The predicted octanol–water partition coefficient (Wildman–Crippen LogP) is 3.61. The van der Waals surface area contributed by atoms with Crippen LogP contribution < -0.4 is 20.3 Å². The van der Waals surface area contributed by atoms with Crippen LogP contribution in [0.25, 0.3) is 10.9 Å². The number of nitrogens with zero attached hydrogens (tertiary/aromatic N) is 1. The van der Waals surface area contributed by atoms with Gasteiger partial charge in [-0.1, -0.05) is 12.1 Å². The number of nitrogens with one attached hydrogen (secondary N) is 2. The van der Waals surface area contributed by atoms with Crippen molar-refractivity contribution in [1.29, 1.82) is 0 Å². The molecule has 1 atom stereocenters. The molecule has 162 valence electrons. The van der Waals surface area contributed by atoms with E-state index in [1.807, 2.05) is 38.2 Å². The Labute approximate surface area is 187 Å². The summed E-state index contributed by atoms with van der Waals surface area (Å²) in [6.45, 7) is 4.76. The third-order valence-electron chi connectivity index (χ3n) is 6.12. The van der Waals surface area contributed by atoms with Gasteiger partial charge in [-0.05, 0) is 72.9 Å². The molecule has 2 N–H and O–H groups in total. The van der Waals surface area contributed by atoms with Crippen LogP contribution in [0.3, 0.4) is 0 Å². The van der Waals surface area contributed by atoms with Gasteiger partial charge in [-0.15, -0.1) is 0 Å². The highest BCUT2D eigenvalue weighted by Gasteiger charge is 2.33. The number of thiocarbonyl (C=S) groups is 1. The van der Waals surface area contributed by atoms with Crippen LogP contribution in [-0.2, 0) is 6.42 Å². The first-order valence-corrected chi connectivity index (χ1v) is 10.7. The highest BCUT2D eigenvalue weighted by molar-refractivity contribution is 7.80. The fraction of sp³-hybridized carbons (Fsp3) is 0.333. The van der Waals surface area contributed by atoms with Crippen molar-refractivity contribution in [2.45, 2.75) is 26.3 Å². The third kappa shape index (κ3) is 3.53. The Morgan fingerprint density at radius 1 is 1.10 bits per heavy atom. The summed E-state index contributed by atoms with van der Waals surface area (Å²) >= 11 is 5.62. The summed E-state index contributed by atoms with van der Waals surface area (Å²) < 4.78 is 11.1. The van der Waals surface area contributed by atoms with E-state index in [1.165, 1.54) is 0 Å².